The maximum atomic E-state index is 14.6. The molecule has 0 saturated heterocycles. The molecule has 5 rings (SSSR count). The van der Waals surface area contributed by atoms with E-state index in [0.29, 0.717) is 35.6 Å². The van der Waals surface area contributed by atoms with Crippen molar-refractivity contribution in [3.63, 3.8) is 0 Å². The molecule has 1 aliphatic rings. The number of hydrogen-bond acceptors (Lipinski definition) is 6. The van der Waals surface area contributed by atoms with Crippen molar-refractivity contribution >= 4 is 11.7 Å². The zero-order valence-electron chi connectivity index (χ0n) is 18.4. The van der Waals surface area contributed by atoms with Crippen LogP contribution in [0.15, 0.2) is 72.0 Å². The fourth-order valence-corrected chi connectivity index (χ4v) is 4.42. The monoisotopic (exact) mass is 457 g/mol. The zero-order valence-corrected chi connectivity index (χ0v) is 18.4. The average molecular weight is 457 g/mol. The maximum Gasteiger partial charge on any atom is 0.220 e. The van der Waals surface area contributed by atoms with Crippen LogP contribution in [-0.4, -0.2) is 20.7 Å². The summed E-state index contributed by atoms with van der Waals surface area (Å²) in [5.41, 5.74) is 10.2. The number of hydrogen-bond donors (Lipinski definition) is 1. The number of aryl methyl sites for hydroxylation is 1. The number of nitrogens with two attached hydrogens (primary N) is 1. The molecule has 34 heavy (non-hydrogen) atoms. The molecule has 0 saturated carbocycles. The van der Waals surface area contributed by atoms with Crippen LogP contribution in [0.5, 0.6) is 5.75 Å². The van der Waals surface area contributed by atoms with Gasteiger partial charge in [-0.05, 0) is 66.8 Å². The molecule has 170 valence electrons. The van der Waals surface area contributed by atoms with Crippen LogP contribution in [0.4, 0.5) is 14.7 Å². The molecule has 2 N–H and O–H groups in total. The highest BCUT2D eigenvalue weighted by molar-refractivity contribution is 6.03. The molecule has 4 aromatic rings. The van der Waals surface area contributed by atoms with Crippen LogP contribution < -0.4 is 10.6 Å². The normalized spacial score (nSPS) is 16.3. The number of oxime groups is 1. The second kappa shape index (κ2) is 8.97. The molecular formula is C26H21F2N5O. The molecule has 0 bridgehead atoms. The van der Waals surface area contributed by atoms with Crippen molar-refractivity contribution < 1.29 is 13.6 Å². The van der Waals surface area contributed by atoms with Crippen molar-refractivity contribution in [2.45, 2.75) is 25.7 Å². The second-order valence-electron chi connectivity index (χ2n) is 8.11. The van der Waals surface area contributed by atoms with Crippen LogP contribution in [0, 0.1) is 18.7 Å². The number of fused-ring (bicyclic) bond motifs is 1. The van der Waals surface area contributed by atoms with E-state index in [-0.39, 0.29) is 17.4 Å². The maximum absolute atomic E-state index is 14.6. The number of pyridine rings is 1. The predicted octanol–water partition coefficient (Wildman–Crippen LogP) is 5.22. The summed E-state index contributed by atoms with van der Waals surface area (Å²) in [5, 5.41) is 4.43. The highest BCUT2D eigenvalue weighted by Crippen LogP contribution is 2.39. The van der Waals surface area contributed by atoms with Gasteiger partial charge >= 0.3 is 0 Å². The summed E-state index contributed by atoms with van der Waals surface area (Å²) in [6.07, 6.45) is 2.34. The highest BCUT2D eigenvalue weighted by atomic mass is 19.1. The second-order valence-corrected chi connectivity index (χ2v) is 8.11. The number of benzene rings is 2. The van der Waals surface area contributed by atoms with Gasteiger partial charge in [0.2, 0.25) is 11.9 Å². The van der Waals surface area contributed by atoms with Crippen molar-refractivity contribution in [1.82, 2.24) is 15.0 Å². The number of anilines is 1. The lowest BCUT2D eigenvalue weighted by molar-refractivity contribution is 0.339. The van der Waals surface area contributed by atoms with E-state index in [4.69, 9.17) is 10.6 Å². The molecule has 0 aliphatic heterocycles. The van der Waals surface area contributed by atoms with Gasteiger partial charge in [-0.1, -0.05) is 29.4 Å². The minimum atomic E-state index is -0.658. The SMILES string of the molecule is Cc1nc(N)nc2c1/C(=N/Oc1ccccc1)CC(c1ccc(F)cc1-c1cccnc1F)C2. The number of nitrogens with zero attached hydrogens (tertiary/aromatic N) is 4. The van der Waals surface area contributed by atoms with E-state index in [1.807, 2.05) is 25.1 Å². The molecular weight excluding hydrogens is 436 g/mol. The van der Waals surface area contributed by atoms with Gasteiger partial charge in [0.05, 0.1) is 17.1 Å². The van der Waals surface area contributed by atoms with Gasteiger partial charge in [-0.3, -0.25) is 0 Å². The first-order chi connectivity index (χ1) is 16.5. The first kappa shape index (κ1) is 21.6. The first-order valence-corrected chi connectivity index (χ1v) is 10.8. The third kappa shape index (κ3) is 4.22. The van der Waals surface area contributed by atoms with E-state index in [2.05, 4.69) is 20.1 Å². The van der Waals surface area contributed by atoms with Gasteiger partial charge in [0.15, 0.2) is 5.75 Å². The fourth-order valence-electron chi connectivity index (χ4n) is 4.42. The molecule has 6 nitrogen and oxygen atoms in total. The Kier molecular flexibility index (Phi) is 5.71. The number of para-hydroxylation sites is 1. The zero-order chi connectivity index (χ0) is 23.7. The summed E-state index contributed by atoms with van der Waals surface area (Å²) in [6, 6.07) is 16.8. The average Bonchev–Trinajstić information content (AvgIpc) is 2.83. The van der Waals surface area contributed by atoms with Gasteiger partial charge in [0.25, 0.3) is 0 Å². The summed E-state index contributed by atoms with van der Waals surface area (Å²) >= 11 is 0. The predicted molar refractivity (Wildman–Crippen MR) is 125 cm³/mol. The summed E-state index contributed by atoms with van der Waals surface area (Å²) in [7, 11) is 0. The molecule has 2 heterocycles. The van der Waals surface area contributed by atoms with Gasteiger partial charge in [-0.25, -0.2) is 19.3 Å². The highest BCUT2D eigenvalue weighted by Gasteiger charge is 2.31. The quantitative estimate of drug-likeness (QED) is 0.335. The van der Waals surface area contributed by atoms with Gasteiger partial charge < -0.3 is 10.6 Å². The van der Waals surface area contributed by atoms with Gasteiger partial charge in [0, 0.05) is 23.7 Å². The van der Waals surface area contributed by atoms with Gasteiger partial charge in [-0.15, -0.1) is 0 Å². The topological polar surface area (TPSA) is 86.3 Å². The number of aromatic nitrogens is 3. The van der Waals surface area contributed by atoms with Crippen LogP contribution in [0.3, 0.4) is 0 Å². The Morgan fingerprint density at radius 1 is 0.971 bits per heavy atom. The van der Waals surface area contributed by atoms with Crippen molar-refractivity contribution in [2.75, 3.05) is 5.73 Å². The van der Waals surface area contributed by atoms with E-state index < -0.39 is 11.8 Å². The van der Waals surface area contributed by atoms with Gasteiger partial charge in [-0.2, -0.15) is 4.39 Å². The minimum Gasteiger partial charge on any atom is -0.368 e. The Morgan fingerprint density at radius 3 is 2.59 bits per heavy atom. The summed E-state index contributed by atoms with van der Waals surface area (Å²) < 4.78 is 28.8. The standard InChI is InChI=1S/C26H21F2N5O/c1-15-24-22(32-26(29)31-15)12-16(13-23(24)33-34-18-6-3-2-4-7-18)19-10-9-17(27)14-21(19)20-8-5-11-30-25(20)28/h2-11,14,16H,12-13H2,1H3,(H2,29,31,32)/b33-23+. The number of rotatable bonds is 4. The Balaban J connectivity index is 1.61. The Labute approximate surface area is 195 Å². The third-order valence-corrected chi connectivity index (χ3v) is 5.86. The molecule has 2 aromatic heterocycles. The molecule has 1 unspecified atom stereocenters. The molecule has 1 atom stereocenters. The van der Waals surface area contributed by atoms with Crippen molar-refractivity contribution in [3.8, 4) is 16.9 Å². The molecule has 0 spiro atoms. The fraction of sp³-hybridized carbons (Fsp3) is 0.154. The Bertz CT molecular complexity index is 1390. The lowest BCUT2D eigenvalue weighted by atomic mass is 9.78. The number of nitrogen functional groups attached to an aromatic ring is 1. The molecule has 8 heteroatoms. The summed E-state index contributed by atoms with van der Waals surface area (Å²) in [5.74, 6) is -0.531. The molecule has 1 aliphatic carbocycles. The largest absolute Gasteiger partial charge is 0.368 e. The van der Waals surface area contributed by atoms with E-state index in [1.165, 1.54) is 18.3 Å². The van der Waals surface area contributed by atoms with Crippen LogP contribution >= 0.6 is 0 Å². The third-order valence-electron chi connectivity index (χ3n) is 5.86. The Hall–Kier alpha value is -4.20. The van der Waals surface area contributed by atoms with Crippen molar-refractivity contribution in [2.24, 2.45) is 5.16 Å². The van der Waals surface area contributed by atoms with Crippen LogP contribution in [0.25, 0.3) is 11.1 Å². The molecule has 0 radical (unpaired) electrons. The van der Waals surface area contributed by atoms with E-state index >= 15 is 0 Å². The Morgan fingerprint density at radius 2 is 1.79 bits per heavy atom. The van der Waals surface area contributed by atoms with Crippen molar-refractivity contribution in [1.29, 1.82) is 0 Å². The molecule has 0 amide bonds. The minimum absolute atomic E-state index is 0.165. The summed E-state index contributed by atoms with van der Waals surface area (Å²) in [4.78, 5) is 18.2. The lowest BCUT2D eigenvalue weighted by Crippen LogP contribution is -2.24. The number of halogens is 2. The summed E-state index contributed by atoms with van der Waals surface area (Å²) in [6.45, 7) is 1.85. The van der Waals surface area contributed by atoms with E-state index in [0.717, 1.165) is 16.8 Å². The van der Waals surface area contributed by atoms with E-state index in [9.17, 15) is 8.78 Å². The van der Waals surface area contributed by atoms with Crippen LogP contribution in [0.2, 0.25) is 0 Å². The van der Waals surface area contributed by atoms with E-state index in [1.54, 1.807) is 30.3 Å². The van der Waals surface area contributed by atoms with Crippen LogP contribution in [-0.2, 0) is 6.42 Å². The van der Waals surface area contributed by atoms with Crippen molar-refractivity contribution in [3.05, 3.63) is 101 Å². The molecule has 0 fully saturated rings. The molecule has 2 aromatic carbocycles. The first-order valence-electron chi connectivity index (χ1n) is 10.8. The van der Waals surface area contributed by atoms with Gasteiger partial charge in [0.1, 0.15) is 5.82 Å². The van der Waals surface area contributed by atoms with Crippen LogP contribution in [0.1, 0.15) is 34.9 Å². The smallest absolute Gasteiger partial charge is 0.220 e. The lowest BCUT2D eigenvalue weighted by Gasteiger charge is -2.28.